The Morgan fingerprint density at radius 3 is 2.60 bits per heavy atom. The molecular weight excluding hydrogens is 587 g/mol. The van der Waals surface area contributed by atoms with E-state index in [0.29, 0.717) is 29.0 Å². The molecule has 43 heavy (non-hydrogen) atoms. The van der Waals surface area contributed by atoms with E-state index in [1.807, 2.05) is 18.4 Å². The van der Waals surface area contributed by atoms with Crippen molar-refractivity contribution in [3.05, 3.63) is 58.9 Å². The number of hydrogen-bond acceptors (Lipinski definition) is 9. The first-order chi connectivity index (χ1) is 20.8. The molecule has 1 aliphatic heterocycles. The molecule has 0 bridgehead atoms. The van der Waals surface area contributed by atoms with Gasteiger partial charge in [0.1, 0.15) is 17.1 Å². The van der Waals surface area contributed by atoms with Gasteiger partial charge in [-0.15, -0.1) is 11.3 Å². The zero-order valence-corrected chi connectivity index (χ0v) is 25.6. The molecule has 4 N–H and O–H groups in total. The summed E-state index contributed by atoms with van der Waals surface area (Å²) in [5.74, 6) is 4.98. The van der Waals surface area contributed by atoms with Crippen LogP contribution >= 0.6 is 23.1 Å². The van der Waals surface area contributed by atoms with Crippen LogP contribution in [0.1, 0.15) is 77.9 Å². The van der Waals surface area contributed by atoms with Crippen LogP contribution in [0.25, 0.3) is 0 Å². The van der Waals surface area contributed by atoms with Gasteiger partial charge in [-0.1, -0.05) is 38.5 Å². The Morgan fingerprint density at radius 1 is 1.19 bits per heavy atom. The molecule has 2 aliphatic carbocycles. The third-order valence-electron chi connectivity index (χ3n) is 7.81. The summed E-state index contributed by atoms with van der Waals surface area (Å²) in [6.45, 7) is 5.12. The monoisotopic (exact) mass is 620 g/mol. The fraction of sp³-hybridized carbons (Fsp3) is 0.433. The molecule has 2 atom stereocenters. The first-order valence-electron chi connectivity index (χ1n) is 14.5. The highest BCUT2D eigenvalue weighted by atomic mass is 32.2. The van der Waals surface area contributed by atoms with Crippen molar-refractivity contribution < 1.29 is 19.2 Å². The van der Waals surface area contributed by atoms with Crippen LogP contribution in [0.3, 0.4) is 0 Å². The Morgan fingerprint density at radius 2 is 1.98 bits per heavy atom. The highest BCUT2D eigenvalue weighted by Gasteiger charge is 2.40. The first-order valence-corrected chi connectivity index (χ1v) is 16.3. The largest absolute Gasteiger partial charge is 0.363 e. The molecular formula is C30H34N7O4S2. The summed E-state index contributed by atoms with van der Waals surface area (Å²) in [4.78, 5) is 66.4. The molecule has 1 radical (unpaired) electrons. The van der Waals surface area contributed by atoms with Crippen molar-refractivity contribution in [2.45, 2.75) is 68.3 Å². The van der Waals surface area contributed by atoms with Crippen LogP contribution in [-0.4, -0.2) is 57.6 Å². The van der Waals surface area contributed by atoms with E-state index in [9.17, 15) is 19.2 Å². The van der Waals surface area contributed by atoms with Crippen molar-refractivity contribution in [3.63, 3.8) is 0 Å². The van der Waals surface area contributed by atoms with Crippen molar-refractivity contribution in [1.82, 2.24) is 20.3 Å². The third kappa shape index (κ3) is 6.06. The number of urea groups is 1. The highest BCUT2D eigenvalue weighted by Crippen LogP contribution is 2.51. The van der Waals surface area contributed by atoms with Crippen molar-refractivity contribution in [3.8, 4) is 0 Å². The summed E-state index contributed by atoms with van der Waals surface area (Å²) in [5, 5.41) is 2.00. The molecule has 3 aliphatic rings. The number of thiazole rings is 1. The lowest BCUT2D eigenvalue weighted by Crippen LogP contribution is -2.46. The number of aromatic nitrogens is 2. The Bertz CT molecular complexity index is 1520. The quantitative estimate of drug-likeness (QED) is 0.119. The number of benzene rings is 1. The number of amides is 4. The number of nitrogens with two attached hydrogens (primary N) is 1. The summed E-state index contributed by atoms with van der Waals surface area (Å²) in [5.41, 5.74) is 3.93. The summed E-state index contributed by atoms with van der Waals surface area (Å²) >= 11 is 2.76. The van der Waals surface area contributed by atoms with Crippen LogP contribution in [0.15, 0.2) is 46.8 Å². The maximum Gasteiger partial charge on any atom is 0.337 e. The normalized spacial score (nSPS) is 18.3. The Labute approximate surface area is 258 Å². The second kappa shape index (κ2) is 12.1. The number of aromatic amines is 1. The minimum atomic E-state index is -1.03. The van der Waals surface area contributed by atoms with E-state index in [1.54, 1.807) is 29.8 Å². The van der Waals surface area contributed by atoms with E-state index in [2.05, 4.69) is 34.1 Å². The molecule has 0 spiro atoms. The molecule has 6 rings (SSSR count). The van der Waals surface area contributed by atoms with E-state index >= 15 is 0 Å². The number of nitrogens with one attached hydrogen (secondary N) is 2. The average molecular weight is 621 g/mol. The lowest BCUT2D eigenvalue weighted by atomic mass is 10.1. The van der Waals surface area contributed by atoms with Crippen molar-refractivity contribution in [2.75, 3.05) is 16.3 Å². The van der Waals surface area contributed by atoms with E-state index < -0.39 is 29.3 Å². The smallest absolute Gasteiger partial charge is 0.337 e. The molecule has 225 valence electrons. The zero-order valence-electron chi connectivity index (χ0n) is 24.0. The number of nitrogens with zero attached hydrogens (tertiary/aromatic N) is 4. The number of fused-ring (bicyclic) bond motifs is 1. The lowest BCUT2D eigenvalue weighted by Gasteiger charge is -2.26. The van der Waals surface area contributed by atoms with Gasteiger partial charge in [-0.3, -0.25) is 29.6 Å². The van der Waals surface area contributed by atoms with Crippen LogP contribution in [-0.2, 0) is 4.79 Å². The summed E-state index contributed by atoms with van der Waals surface area (Å²) in [7, 11) is 0. The Kier molecular flexibility index (Phi) is 8.29. The van der Waals surface area contributed by atoms with Crippen molar-refractivity contribution >= 4 is 58.0 Å². The molecule has 0 saturated heterocycles. The molecule has 11 nitrogen and oxygen atoms in total. The van der Waals surface area contributed by atoms with E-state index in [1.165, 1.54) is 28.0 Å². The number of rotatable bonds is 11. The van der Waals surface area contributed by atoms with Crippen LogP contribution in [0.5, 0.6) is 0 Å². The van der Waals surface area contributed by atoms with Gasteiger partial charge in [0.25, 0.3) is 11.8 Å². The van der Waals surface area contributed by atoms with Gasteiger partial charge >= 0.3 is 6.03 Å². The summed E-state index contributed by atoms with van der Waals surface area (Å²) in [6, 6.07) is 7.48. The van der Waals surface area contributed by atoms with Gasteiger partial charge in [0, 0.05) is 40.3 Å². The SMILES string of the molecule is CC(C)CN(c1nc(C(=O)N(C(=O)c2ccc3c(c2)SC(c2ccc[nH]2)N3C(=O)NN)[C@H]([C]=O)CC2CC2)cs1)C1CC1. The fourth-order valence-electron chi connectivity index (χ4n) is 5.40. The minimum Gasteiger partial charge on any atom is -0.363 e. The number of carbonyl (C=O) groups excluding carboxylic acids is 4. The van der Waals surface area contributed by atoms with Gasteiger partial charge in [-0.05, 0) is 61.4 Å². The van der Waals surface area contributed by atoms with Crippen molar-refractivity contribution in [2.24, 2.45) is 17.7 Å². The fourth-order valence-corrected chi connectivity index (χ4v) is 7.59. The van der Waals surface area contributed by atoms with E-state index in [0.717, 1.165) is 48.0 Å². The zero-order chi connectivity index (χ0) is 30.2. The van der Waals surface area contributed by atoms with E-state index in [-0.39, 0.29) is 17.2 Å². The second-order valence-corrected chi connectivity index (χ2v) is 13.6. The van der Waals surface area contributed by atoms with Crippen LogP contribution in [0, 0.1) is 11.8 Å². The number of anilines is 2. The second-order valence-electron chi connectivity index (χ2n) is 11.7. The molecule has 3 heterocycles. The van der Waals surface area contributed by atoms with E-state index in [4.69, 9.17) is 5.84 Å². The van der Waals surface area contributed by atoms with Crippen LogP contribution in [0.4, 0.5) is 15.6 Å². The predicted molar refractivity (Wildman–Crippen MR) is 166 cm³/mol. The number of hydrazine groups is 1. The maximum absolute atomic E-state index is 14.1. The number of imide groups is 1. The molecule has 2 saturated carbocycles. The van der Waals surface area contributed by atoms with Gasteiger partial charge in [0.15, 0.2) is 5.13 Å². The molecule has 2 fully saturated rings. The van der Waals surface area contributed by atoms with Gasteiger partial charge in [0.05, 0.1) is 5.69 Å². The average Bonchev–Trinajstić information content (AvgIpc) is 3.85. The van der Waals surface area contributed by atoms with Crippen molar-refractivity contribution in [1.29, 1.82) is 0 Å². The van der Waals surface area contributed by atoms with Gasteiger partial charge in [-0.2, -0.15) is 0 Å². The molecule has 2 aromatic heterocycles. The number of thioether (sulfide) groups is 1. The lowest BCUT2D eigenvalue weighted by molar-refractivity contribution is 0.0573. The molecule has 13 heteroatoms. The first kappa shape index (κ1) is 29.4. The molecule has 3 aromatic rings. The van der Waals surface area contributed by atoms with Crippen LogP contribution < -0.4 is 21.1 Å². The molecule has 1 unspecified atom stereocenters. The standard InChI is InChI=1S/C30H34N7O4S2/c1-17(2)14-35(20-8-9-20)30-33-23(16-42-30)27(40)36(21(15-38)12-18-5-6-18)26(39)19-7-10-24-25(13-19)43-28(22-4-3-11-32-22)37(24)29(41)34-31/h3-4,7,10-11,13,16-18,20-21,28,32H,5-6,8-9,12,14,31H2,1-2H3,(H,34,41)/t21-,28?/m0/s1. The topological polar surface area (TPSA) is 145 Å². The van der Waals surface area contributed by atoms with Gasteiger partial charge in [-0.25, -0.2) is 15.6 Å². The Balaban J connectivity index is 1.31. The number of carbonyl (C=O) groups is 3. The molecule has 1 aromatic carbocycles. The highest BCUT2D eigenvalue weighted by molar-refractivity contribution is 8.00. The summed E-state index contributed by atoms with van der Waals surface area (Å²) in [6.07, 6.45) is 8.21. The molecule has 4 amide bonds. The summed E-state index contributed by atoms with van der Waals surface area (Å²) < 4.78 is 0. The number of H-pyrrole nitrogens is 1. The van der Waals surface area contributed by atoms with Gasteiger partial charge in [0.2, 0.25) is 6.29 Å². The Hall–Kier alpha value is -3.68. The third-order valence-corrected chi connectivity index (χ3v) is 9.96. The van der Waals surface area contributed by atoms with Crippen LogP contribution in [0.2, 0.25) is 0 Å². The number of hydrogen-bond donors (Lipinski definition) is 3. The predicted octanol–water partition coefficient (Wildman–Crippen LogP) is 4.85. The minimum absolute atomic E-state index is 0.145. The maximum atomic E-state index is 14.1. The van der Waals surface area contributed by atoms with Gasteiger partial charge < -0.3 is 9.88 Å².